The van der Waals surface area contributed by atoms with E-state index in [1.54, 1.807) is 0 Å². The van der Waals surface area contributed by atoms with Crippen LogP contribution in [0, 0.1) is 22.6 Å². The number of nitriles is 1. The standard InChI is InChI=1S/C17H22FN3O2/c1-17(7-3-2-4-15(17)22)11-21-16(23)20-10-13-8-12(9-19)5-6-14(13)18/h5-6,8,15,22H,2-4,7,10-11H2,1H3,(H2,20,21,23). The Hall–Kier alpha value is -2.13. The summed E-state index contributed by atoms with van der Waals surface area (Å²) in [6.45, 7) is 2.35. The van der Waals surface area contributed by atoms with E-state index in [2.05, 4.69) is 10.6 Å². The normalized spacial score (nSPS) is 23.8. The lowest BCUT2D eigenvalue weighted by Gasteiger charge is -2.38. The van der Waals surface area contributed by atoms with E-state index in [-0.39, 0.29) is 17.5 Å². The third-order valence-electron chi connectivity index (χ3n) is 4.55. The fourth-order valence-electron chi connectivity index (χ4n) is 2.89. The molecule has 1 aliphatic rings. The fraction of sp³-hybridized carbons (Fsp3) is 0.529. The summed E-state index contributed by atoms with van der Waals surface area (Å²) in [7, 11) is 0. The van der Waals surface area contributed by atoms with Crippen LogP contribution in [0.15, 0.2) is 18.2 Å². The van der Waals surface area contributed by atoms with Crippen molar-refractivity contribution in [2.45, 2.75) is 45.3 Å². The lowest BCUT2D eigenvalue weighted by molar-refractivity contribution is 0.00309. The van der Waals surface area contributed by atoms with Gasteiger partial charge in [-0.1, -0.05) is 19.8 Å². The Bertz CT molecular complexity index is 614. The minimum atomic E-state index is -0.459. The van der Waals surface area contributed by atoms with Gasteiger partial charge in [0.05, 0.1) is 17.7 Å². The largest absolute Gasteiger partial charge is 0.392 e. The number of benzene rings is 1. The number of hydrogen-bond donors (Lipinski definition) is 3. The van der Waals surface area contributed by atoms with Gasteiger partial charge in [-0.15, -0.1) is 0 Å². The van der Waals surface area contributed by atoms with Gasteiger partial charge in [-0.25, -0.2) is 9.18 Å². The first-order chi connectivity index (χ1) is 10.9. The number of hydrogen-bond acceptors (Lipinski definition) is 3. The lowest BCUT2D eigenvalue weighted by Crippen LogP contribution is -2.47. The Morgan fingerprint density at radius 2 is 2.26 bits per heavy atom. The van der Waals surface area contributed by atoms with E-state index in [9.17, 15) is 14.3 Å². The molecule has 1 aromatic carbocycles. The molecule has 1 aromatic rings. The maximum absolute atomic E-state index is 13.6. The molecule has 0 aliphatic heterocycles. The summed E-state index contributed by atoms with van der Waals surface area (Å²) in [5.74, 6) is -0.459. The minimum absolute atomic E-state index is 0.00640. The number of aliphatic hydroxyl groups excluding tert-OH is 1. The van der Waals surface area contributed by atoms with E-state index in [1.165, 1.54) is 18.2 Å². The molecule has 23 heavy (non-hydrogen) atoms. The predicted molar refractivity (Wildman–Crippen MR) is 83.9 cm³/mol. The van der Waals surface area contributed by atoms with Gasteiger partial charge in [0.2, 0.25) is 0 Å². The number of rotatable bonds is 4. The molecule has 0 spiro atoms. The van der Waals surface area contributed by atoms with Crippen LogP contribution in [0.25, 0.3) is 0 Å². The third kappa shape index (κ3) is 4.42. The molecule has 5 nitrogen and oxygen atoms in total. The maximum Gasteiger partial charge on any atom is 0.315 e. The number of aliphatic hydroxyl groups is 1. The second-order valence-corrected chi connectivity index (χ2v) is 6.37. The Labute approximate surface area is 135 Å². The summed E-state index contributed by atoms with van der Waals surface area (Å²) >= 11 is 0. The predicted octanol–water partition coefficient (Wildman–Crippen LogP) is 2.44. The Balaban J connectivity index is 1.85. The molecular formula is C17H22FN3O2. The molecule has 6 heteroatoms. The van der Waals surface area contributed by atoms with Crippen LogP contribution in [0.3, 0.4) is 0 Å². The zero-order chi connectivity index (χ0) is 16.9. The van der Waals surface area contributed by atoms with Gasteiger partial charge in [0, 0.05) is 24.1 Å². The quantitative estimate of drug-likeness (QED) is 0.797. The smallest absolute Gasteiger partial charge is 0.315 e. The average molecular weight is 319 g/mol. The SMILES string of the molecule is CC1(CNC(=O)NCc2cc(C#N)ccc2F)CCCCC1O. The highest BCUT2D eigenvalue weighted by atomic mass is 19.1. The third-order valence-corrected chi connectivity index (χ3v) is 4.55. The van der Waals surface area contributed by atoms with Crippen molar-refractivity contribution in [1.29, 1.82) is 5.26 Å². The summed E-state index contributed by atoms with van der Waals surface area (Å²) < 4.78 is 13.6. The zero-order valence-corrected chi connectivity index (χ0v) is 13.2. The minimum Gasteiger partial charge on any atom is -0.392 e. The highest BCUT2D eigenvalue weighted by Gasteiger charge is 2.35. The van der Waals surface area contributed by atoms with Crippen LogP contribution < -0.4 is 10.6 Å². The number of amides is 2. The van der Waals surface area contributed by atoms with E-state index in [4.69, 9.17) is 5.26 Å². The topological polar surface area (TPSA) is 85.2 Å². The second kappa shape index (κ2) is 7.42. The van der Waals surface area contributed by atoms with E-state index in [0.717, 1.165) is 25.7 Å². The molecular weight excluding hydrogens is 297 g/mol. The molecule has 1 fully saturated rings. The monoisotopic (exact) mass is 319 g/mol. The molecule has 3 N–H and O–H groups in total. The van der Waals surface area contributed by atoms with Gasteiger partial charge in [-0.2, -0.15) is 5.26 Å². The molecule has 0 bridgehead atoms. The van der Waals surface area contributed by atoms with Gasteiger partial charge in [-0.3, -0.25) is 0 Å². The van der Waals surface area contributed by atoms with Gasteiger partial charge >= 0.3 is 6.03 Å². The van der Waals surface area contributed by atoms with E-state index in [0.29, 0.717) is 12.1 Å². The van der Waals surface area contributed by atoms with Crippen molar-refractivity contribution in [1.82, 2.24) is 10.6 Å². The highest BCUT2D eigenvalue weighted by Crippen LogP contribution is 2.35. The van der Waals surface area contributed by atoms with Gasteiger partial charge in [0.1, 0.15) is 5.82 Å². The summed E-state index contributed by atoms with van der Waals surface area (Å²) in [5.41, 5.74) is 0.297. The first kappa shape index (κ1) is 17.2. The molecule has 1 saturated carbocycles. The average Bonchev–Trinajstić information content (AvgIpc) is 2.55. The molecule has 0 saturated heterocycles. The van der Waals surface area contributed by atoms with Crippen LogP contribution in [0.2, 0.25) is 0 Å². The molecule has 124 valence electrons. The Morgan fingerprint density at radius 1 is 1.48 bits per heavy atom. The molecule has 1 aliphatic carbocycles. The molecule has 2 rings (SSSR count). The van der Waals surface area contributed by atoms with Crippen molar-refractivity contribution in [2.75, 3.05) is 6.54 Å². The van der Waals surface area contributed by atoms with Crippen molar-refractivity contribution in [3.63, 3.8) is 0 Å². The van der Waals surface area contributed by atoms with Crippen molar-refractivity contribution in [3.05, 3.63) is 35.1 Å². The zero-order valence-electron chi connectivity index (χ0n) is 13.2. The molecule has 0 heterocycles. The van der Waals surface area contributed by atoms with Crippen LogP contribution in [0.4, 0.5) is 9.18 Å². The summed E-state index contributed by atoms with van der Waals surface area (Å²) in [4.78, 5) is 11.9. The molecule has 2 amide bonds. The van der Waals surface area contributed by atoms with Crippen LogP contribution in [0.1, 0.15) is 43.7 Å². The molecule has 2 atom stereocenters. The lowest BCUT2D eigenvalue weighted by atomic mass is 9.73. The van der Waals surface area contributed by atoms with Gasteiger partial charge < -0.3 is 15.7 Å². The fourth-order valence-corrected chi connectivity index (χ4v) is 2.89. The van der Waals surface area contributed by atoms with Crippen molar-refractivity contribution in [2.24, 2.45) is 5.41 Å². The number of nitrogens with zero attached hydrogens (tertiary/aromatic N) is 1. The van der Waals surface area contributed by atoms with Crippen LogP contribution in [0.5, 0.6) is 0 Å². The van der Waals surface area contributed by atoms with Crippen molar-refractivity contribution < 1.29 is 14.3 Å². The molecule has 2 unspecified atom stereocenters. The number of carbonyl (C=O) groups excluding carboxylic acids is 1. The number of carbonyl (C=O) groups is 1. The van der Waals surface area contributed by atoms with Crippen LogP contribution in [-0.2, 0) is 6.54 Å². The van der Waals surface area contributed by atoms with E-state index >= 15 is 0 Å². The van der Waals surface area contributed by atoms with Gasteiger partial charge in [-0.05, 0) is 31.0 Å². The van der Waals surface area contributed by atoms with Crippen LogP contribution >= 0.6 is 0 Å². The van der Waals surface area contributed by atoms with Crippen molar-refractivity contribution in [3.8, 4) is 6.07 Å². The second-order valence-electron chi connectivity index (χ2n) is 6.37. The summed E-state index contributed by atoms with van der Waals surface area (Å²) in [6.07, 6.45) is 3.26. The Kier molecular flexibility index (Phi) is 5.56. The molecule has 0 radical (unpaired) electrons. The van der Waals surface area contributed by atoms with Crippen LogP contribution in [-0.4, -0.2) is 23.8 Å². The van der Waals surface area contributed by atoms with E-state index in [1.807, 2.05) is 13.0 Å². The van der Waals surface area contributed by atoms with E-state index < -0.39 is 18.0 Å². The van der Waals surface area contributed by atoms with Crippen molar-refractivity contribution >= 4 is 6.03 Å². The summed E-state index contributed by atoms with van der Waals surface area (Å²) in [5, 5.41) is 24.2. The molecule has 0 aromatic heterocycles. The Morgan fingerprint density at radius 3 is 2.96 bits per heavy atom. The number of halogens is 1. The summed E-state index contributed by atoms with van der Waals surface area (Å²) in [6, 6.07) is 5.55. The maximum atomic E-state index is 13.6. The first-order valence-corrected chi connectivity index (χ1v) is 7.83. The van der Waals surface area contributed by atoms with Gasteiger partial charge in [0.15, 0.2) is 0 Å². The number of urea groups is 1. The number of nitrogens with one attached hydrogen (secondary N) is 2. The highest BCUT2D eigenvalue weighted by molar-refractivity contribution is 5.73. The first-order valence-electron chi connectivity index (χ1n) is 7.83. The van der Waals surface area contributed by atoms with Gasteiger partial charge in [0.25, 0.3) is 0 Å².